The van der Waals surface area contributed by atoms with Crippen LogP contribution in [0.4, 0.5) is 4.79 Å². The van der Waals surface area contributed by atoms with Gasteiger partial charge in [-0.1, -0.05) is 0 Å². The molecule has 0 spiro atoms. The lowest BCUT2D eigenvalue weighted by atomic mass is 10.6. The lowest BCUT2D eigenvalue weighted by Gasteiger charge is -2.13. The molecule has 2 amide bonds. The molecular formula is C7H14N2O6. The number of ether oxygens (including phenoxy) is 2. The number of hydrogen-bond acceptors (Lipinski definition) is 5. The predicted octanol–water partition coefficient (Wildman–Crippen LogP) is -1.08. The van der Waals surface area contributed by atoms with Gasteiger partial charge in [0.2, 0.25) is 0 Å². The molecule has 0 saturated carbocycles. The van der Waals surface area contributed by atoms with Gasteiger partial charge in [0.15, 0.2) is 12.9 Å². The van der Waals surface area contributed by atoms with E-state index in [0.717, 1.165) is 0 Å². The Labute approximate surface area is 86.4 Å². The summed E-state index contributed by atoms with van der Waals surface area (Å²) in [6, 6.07) is -0.671. The van der Waals surface area contributed by atoms with Crippen molar-refractivity contribution in [3.63, 3.8) is 0 Å². The highest BCUT2D eigenvalue weighted by molar-refractivity contribution is 5.73. The van der Waals surface area contributed by atoms with Crippen molar-refractivity contribution in [1.82, 2.24) is 10.8 Å². The first-order chi connectivity index (χ1) is 7.10. The highest BCUT2D eigenvalue weighted by atomic mass is 16.7. The van der Waals surface area contributed by atoms with Gasteiger partial charge >= 0.3 is 12.0 Å². The summed E-state index contributed by atoms with van der Waals surface area (Å²) in [7, 11) is 2.85. The molecule has 0 fully saturated rings. The summed E-state index contributed by atoms with van der Waals surface area (Å²) in [5.41, 5.74) is 1.88. The number of carbonyl (C=O) groups excluding carboxylic acids is 1. The molecule has 0 unspecified atom stereocenters. The van der Waals surface area contributed by atoms with Gasteiger partial charge in [-0.2, -0.15) is 0 Å². The third-order valence-corrected chi connectivity index (χ3v) is 1.32. The number of urea groups is 1. The minimum absolute atomic E-state index is 0.120. The number of rotatable bonds is 7. The third kappa shape index (κ3) is 7.67. The summed E-state index contributed by atoms with van der Waals surface area (Å²) >= 11 is 0. The van der Waals surface area contributed by atoms with Gasteiger partial charge in [0.05, 0.1) is 6.54 Å². The molecule has 0 aliphatic heterocycles. The summed E-state index contributed by atoms with van der Waals surface area (Å²) in [4.78, 5) is 25.2. The lowest BCUT2D eigenvalue weighted by molar-refractivity contribution is -0.144. The van der Waals surface area contributed by atoms with Gasteiger partial charge in [-0.3, -0.25) is 4.84 Å². The van der Waals surface area contributed by atoms with Crippen LogP contribution in [0, 0.1) is 0 Å². The first kappa shape index (κ1) is 13.6. The maximum atomic E-state index is 10.9. The van der Waals surface area contributed by atoms with Crippen molar-refractivity contribution in [2.24, 2.45) is 0 Å². The number of carbonyl (C=O) groups is 2. The highest BCUT2D eigenvalue weighted by Gasteiger charge is 2.07. The van der Waals surface area contributed by atoms with Crippen molar-refractivity contribution >= 4 is 12.0 Å². The monoisotopic (exact) mass is 222 g/mol. The average Bonchev–Trinajstić information content (AvgIpc) is 2.18. The quantitative estimate of drug-likeness (QED) is 0.373. The van der Waals surface area contributed by atoms with Gasteiger partial charge in [-0.15, -0.1) is 0 Å². The molecule has 88 valence electrons. The van der Waals surface area contributed by atoms with Crippen LogP contribution in [0.5, 0.6) is 0 Å². The van der Waals surface area contributed by atoms with E-state index in [1.807, 2.05) is 5.48 Å². The van der Waals surface area contributed by atoms with E-state index >= 15 is 0 Å². The second-order valence-electron chi connectivity index (χ2n) is 2.40. The zero-order valence-electron chi connectivity index (χ0n) is 8.48. The normalized spacial score (nSPS) is 10.1. The third-order valence-electron chi connectivity index (χ3n) is 1.32. The van der Waals surface area contributed by atoms with Crippen LogP contribution in [0.25, 0.3) is 0 Å². The maximum absolute atomic E-state index is 10.9. The van der Waals surface area contributed by atoms with E-state index < -0.39 is 24.9 Å². The number of hydrogen-bond donors (Lipinski definition) is 3. The Kier molecular flexibility index (Phi) is 7.24. The number of amides is 2. The molecule has 0 aromatic carbocycles. The van der Waals surface area contributed by atoms with E-state index in [2.05, 4.69) is 10.2 Å². The maximum Gasteiger partial charge on any atom is 0.338 e. The molecule has 0 bridgehead atoms. The van der Waals surface area contributed by atoms with Gasteiger partial charge in [0.1, 0.15) is 0 Å². The predicted molar refractivity (Wildman–Crippen MR) is 47.9 cm³/mol. The molecule has 8 heteroatoms. The molecule has 15 heavy (non-hydrogen) atoms. The van der Waals surface area contributed by atoms with Crippen molar-refractivity contribution in [2.75, 3.05) is 27.4 Å². The first-order valence-electron chi connectivity index (χ1n) is 4.03. The van der Waals surface area contributed by atoms with E-state index in [1.165, 1.54) is 14.2 Å². The smallest absolute Gasteiger partial charge is 0.338 e. The Morgan fingerprint density at radius 1 is 1.33 bits per heavy atom. The summed E-state index contributed by atoms with van der Waals surface area (Å²) in [6.07, 6.45) is -0.560. The van der Waals surface area contributed by atoms with E-state index in [9.17, 15) is 9.59 Å². The number of nitrogens with one attached hydrogen (secondary N) is 2. The van der Waals surface area contributed by atoms with Gasteiger partial charge in [0.25, 0.3) is 0 Å². The van der Waals surface area contributed by atoms with E-state index in [4.69, 9.17) is 14.6 Å². The molecule has 8 nitrogen and oxygen atoms in total. The summed E-state index contributed by atoms with van der Waals surface area (Å²) in [5, 5.41) is 10.5. The Bertz CT molecular complexity index is 206. The Morgan fingerprint density at radius 2 is 1.93 bits per heavy atom. The fourth-order valence-corrected chi connectivity index (χ4v) is 0.638. The van der Waals surface area contributed by atoms with Crippen molar-refractivity contribution in [1.29, 1.82) is 0 Å². The molecular weight excluding hydrogens is 208 g/mol. The molecule has 0 aromatic heterocycles. The van der Waals surface area contributed by atoms with Crippen LogP contribution in [0.2, 0.25) is 0 Å². The molecule has 0 atom stereocenters. The summed E-state index contributed by atoms with van der Waals surface area (Å²) in [6.45, 7) is -0.485. The summed E-state index contributed by atoms with van der Waals surface area (Å²) in [5.74, 6) is -1.18. The van der Waals surface area contributed by atoms with Crippen molar-refractivity contribution in [2.45, 2.75) is 6.29 Å². The molecule has 3 N–H and O–H groups in total. The second-order valence-corrected chi connectivity index (χ2v) is 2.40. The molecule has 0 saturated heterocycles. The number of hydroxylamine groups is 1. The Morgan fingerprint density at radius 3 is 2.40 bits per heavy atom. The van der Waals surface area contributed by atoms with Gasteiger partial charge in [-0.05, 0) is 0 Å². The number of aliphatic carboxylic acids is 1. The number of carboxylic acid groups (broad SMARTS) is 1. The van der Waals surface area contributed by atoms with Crippen LogP contribution >= 0.6 is 0 Å². The Hall–Kier alpha value is -1.38. The summed E-state index contributed by atoms with van der Waals surface area (Å²) < 4.78 is 9.59. The van der Waals surface area contributed by atoms with Crippen LogP contribution in [0.1, 0.15) is 0 Å². The van der Waals surface area contributed by atoms with Gasteiger partial charge in [0, 0.05) is 14.2 Å². The molecule has 0 aliphatic rings. The average molecular weight is 222 g/mol. The minimum Gasteiger partial charge on any atom is -0.479 e. The second kappa shape index (κ2) is 7.97. The molecule has 0 heterocycles. The van der Waals surface area contributed by atoms with Crippen LogP contribution in [-0.4, -0.2) is 50.8 Å². The van der Waals surface area contributed by atoms with Crippen LogP contribution in [-0.2, 0) is 19.1 Å². The van der Waals surface area contributed by atoms with Gasteiger partial charge in [-0.25, -0.2) is 15.1 Å². The van der Waals surface area contributed by atoms with E-state index in [-0.39, 0.29) is 6.54 Å². The van der Waals surface area contributed by atoms with Crippen molar-refractivity contribution in [3.05, 3.63) is 0 Å². The minimum atomic E-state index is -1.18. The highest BCUT2D eigenvalue weighted by Crippen LogP contribution is 1.86. The molecule has 0 aromatic rings. The van der Waals surface area contributed by atoms with Gasteiger partial charge < -0.3 is 19.9 Å². The van der Waals surface area contributed by atoms with E-state index in [0.29, 0.717) is 0 Å². The van der Waals surface area contributed by atoms with Crippen LogP contribution < -0.4 is 10.8 Å². The van der Waals surface area contributed by atoms with Crippen molar-refractivity contribution in [3.8, 4) is 0 Å². The zero-order valence-corrected chi connectivity index (χ0v) is 8.48. The fourth-order valence-electron chi connectivity index (χ4n) is 0.638. The lowest BCUT2D eigenvalue weighted by Crippen LogP contribution is -2.41. The van der Waals surface area contributed by atoms with Crippen LogP contribution in [0.15, 0.2) is 0 Å². The molecule has 0 radical (unpaired) electrons. The van der Waals surface area contributed by atoms with Crippen molar-refractivity contribution < 1.29 is 29.0 Å². The SMILES string of the molecule is COC(CNC(=O)NOCC(=O)O)OC. The first-order valence-corrected chi connectivity index (χ1v) is 4.03. The standard InChI is InChI=1S/C7H14N2O6/c1-13-6(14-2)3-8-7(12)9-15-4-5(10)11/h6H,3-4H2,1-2H3,(H,10,11)(H2,8,9,12). The number of carboxylic acids is 1. The zero-order chi connectivity index (χ0) is 11.7. The number of methoxy groups -OCH3 is 2. The van der Waals surface area contributed by atoms with E-state index in [1.54, 1.807) is 0 Å². The molecule has 0 aliphatic carbocycles. The fraction of sp³-hybridized carbons (Fsp3) is 0.714. The Balaban J connectivity index is 3.52. The largest absolute Gasteiger partial charge is 0.479 e. The van der Waals surface area contributed by atoms with Crippen LogP contribution in [0.3, 0.4) is 0 Å². The topological polar surface area (TPSA) is 106 Å². The molecule has 0 rings (SSSR count).